The molecular formula is C14H20N6S. The number of rotatable bonds is 3. The third-order valence-electron chi connectivity index (χ3n) is 3.88. The van der Waals surface area contributed by atoms with E-state index in [1.54, 1.807) is 0 Å². The van der Waals surface area contributed by atoms with E-state index in [0.717, 1.165) is 48.4 Å². The maximum Gasteiger partial charge on any atom is 0.225 e. The number of piperidine rings is 1. The van der Waals surface area contributed by atoms with Gasteiger partial charge in [-0.1, -0.05) is 0 Å². The van der Waals surface area contributed by atoms with E-state index in [-0.39, 0.29) is 0 Å². The zero-order valence-electron chi connectivity index (χ0n) is 12.7. The molecule has 0 amide bonds. The Morgan fingerprint density at radius 3 is 2.43 bits per heavy atom. The van der Waals surface area contributed by atoms with Gasteiger partial charge in [-0.05, 0) is 32.3 Å². The highest BCUT2D eigenvalue weighted by Crippen LogP contribution is 2.24. The SMILES string of the molecule is Cc1cnc(N(C)C2CCN(c3nc(C)ns3)CC2)nc1. The molecule has 2 aromatic heterocycles. The summed E-state index contributed by atoms with van der Waals surface area (Å²) < 4.78 is 4.26. The molecule has 3 rings (SSSR count). The van der Waals surface area contributed by atoms with E-state index in [9.17, 15) is 0 Å². The summed E-state index contributed by atoms with van der Waals surface area (Å²) in [5.74, 6) is 1.67. The third kappa shape index (κ3) is 3.12. The van der Waals surface area contributed by atoms with Gasteiger partial charge in [-0.15, -0.1) is 0 Å². The minimum atomic E-state index is 0.484. The van der Waals surface area contributed by atoms with E-state index in [2.05, 4.69) is 36.2 Å². The van der Waals surface area contributed by atoms with Gasteiger partial charge in [-0.3, -0.25) is 0 Å². The number of aromatic nitrogens is 4. The first-order valence-corrected chi connectivity index (χ1v) is 7.97. The summed E-state index contributed by atoms with van der Waals surface area (Å²) in [6.45, 7) is 5.96. The molecule has 112 valence electrons. The van der Waals surface area contributed by atoms with Gasteiger partial charge in [-0.2, -0.15) is 4.37 Å². The molecule has 3 heterocycles. The van der Waals surface area contributed by atoms with Crippen LogP contribution in [-0.4, -0.2) is 45.5 Å². The topological polar surface area (TPSA) is 58.0 Å². The second-order valence-electron chi connectivity index (χ2n) is 5.51. The Morgan fingerprint density at radius 1 is 1.19 bits per heavy atom. The maximum atomic E-state index is 4.47. The molecule has 1 fully saturated rings. The molecule has 1 aliphatic heterocycles. The summed E-state index contributed by atoms with van der Waals surface area (Å²) in [5.41, 5.74) is 1.09. The van der Waals surface area contributed by atoms with Crippen LogP contribution in [0.1, 0.15) is 24.2 Å². The van der Waals surface area contributed by atoms with Crippen molar-refractivity contribution in [2.24, 2.45) is 0 Å². The van der Waals surface area contributed by atoms with Crippen LogP contribution in [0.3, 0.4) is 0 Å². The Morgan fingerprint density at radius 2 is 1.86 bits per heavy atom. The number of nitrogens with zero attached hydrogens (tertiary/aromatic N) is 6. The van der Waals surface area contributed by atoms with Gasteiger partial charge in [0.05, 0.1) is 0 Å². The highest BCUT2D eigenvalue weighted by atomic mass is 32.1. The zero-order chi connectivity index (χ0) is 14.8. The third-order valence-corrected chi connectivity index (χ3v) is 4.75. The molecule has 0 radical (unpaired) electrons. The van der Waals surface area contributed by atoms with Gasteiger partial charge in [0.2, 0.25) is 11.1 Å². The summed E-state index contributed by atoms with van der Waals surface area (Å²) in [6, 6.07) is 0.484. The lowest BCUT2D eigenvalue weighted by atomic mass is 10.0. The Kier molecular flexibility index (Phi) is 4.01. The van der Waals surface area contributed by atoms with Crippen LogP contribution < -0.4 is 9.80 Å². The van der Waals surface area contributed by atoms with Gasteiger partial charge in [0, 0.05) is 50.1 Å². The van der Waals surface area contributed by atoms with Crippen LogP contribution in [0, 0.1) is 13.8 Å². The second kappa shape index (κ2) is 5.93. The van der Waals surface area contributed by atoms with E-state index in [0.29, 0.717) is 6.04 Å². The van der Waals surface area contributed by atoms with Crippen molar-refractivity contribution in [1.29, 1.82) is 0 Å². The van der Waals surface area contributed by atoms with Crippen LogP contribution in [0.25, 0.3) is 0 Å². The van der Waals surface area contributed by atoms with Gasteiger partial charge in [0.15, 0.2) is 0 Å². The number of aryl methyl sites for hydroxylation is 2. The number of hydrogen-bond donors (Lipinski definition) is 0. The van der Waals surface area contributed by atoms with Crippen molar-refractivity contribution in [3.8, 4) is 0 Å². The fourth-order valence-corrected chi connectivity index (χ4v) is 3.32. The molecule has 0 unspecified atom stereocenters. The molecular weight excluding hydrogens is 284 g/mol. The number of hydrogen-bond acceptors (Lipinski definition) is 7. The molecule has 21 heavy (non-hydrogen) atoms. The summed E-state index contributed by atoms with van der Waals surface area (Å²) >= 11 is 1.49. The van der Waals surface area contributed by atoms with Crippen molar-refractivity contribution in [3.63, 3.8) is 0 Å². The minimum absolute atomic E-state index is 0.484. The van der Waals surface area contributed by atoms with Gasteiger partial charge < -0.3 is 9.80 Å². The predicted octanol–water partition coefficient (Wildman–Crippen LogP) is 2.05. The Hall–Kier alpha value is -1.76. The maximum absolute atomic E-state index is 4.47. The van der Waals surface area contributed by atoms with Crippen molar-refractivity contribution in [2.75, 3.05) is 29.9 Å². The Balaban J connectivity index is 1.61. The van der Waals surface area contributed by atoms with Crippen LogP contribution in [0.2, 0.25) is 0 Å². The lowest BCUT2D eigenvalue weighted by molar-refractivity contribution is 0.477. The summed E-state index contributed by atoms with van der Waals surface area (Å²) in [7, 11) is 2.08. The molecule has 0 aliphatic carbocycles. The van der Waals surface area contributed by atoms with Crippen LogP contribution in [0.4, 0.5) is 11.1 Å². The first kappa shape index (κ1) is 14.2. The van der Waals surface area contributed by atoms with Gasteiger partial charge >= 0.3 is 0 Å². The highest BCUT2D eigenvalue weighted by Gasteiger charge is 2.25. The Bertz CT molecular complexity index is 588. The first-order valence-electron chi connectivity index (χ1n) is 7.20. The van der Waals surface area contributed by atoms with E-state index < -0.39 is 0 Å². The zero-order valence-corrected chi connectivity index (χ0v) is 13.5. The van der Waals surface area contributed by atoms with Crippen LogP contribution in [0.5, 0.6) is 0 Å². The van der Waals surface area contributed by atoms with E-state index >= 15 is 0 Å². The quantitative estimate of drug-likeness (QED) is 0.865. The summed E-state index contributed by atoms with van der Waals surface area (Å²) in [4.78, 5) is 17.8. The average Bonchev–Trinajstić information content (AvgIpc) is 2.94. The van der Waals surface area contributed by atoms with Gasteiger partial charge in [-0.25, -0.2) is 15.0 Å². The molecule has 0 saturated carbocycles. The highest BCUT2D eigenvalue weighted by molar-refractivity contribution is 7.09. The lowest BCUT2D eigenvalue weighted by Crippen LogP contribution is -2.44. The molecule has 2 aromatic rings. The molecule has 7 heteroatoms. The molecule has 0 aromatic carbocycles. The van der Waals surface area contributed by atoms with Gasteiger partial charge in [0.1, 0.15) is 5.82 Å². The molecule has 1 aliphatic rings. The minimum Gasteiger partial charge on any atom is -0.347 e. The largest absolute Gasteiger partial charge is 0.347 e. The van der Waals surface area contributed by atoms with E-state index in [1.807, 2.05) is 26.2 Å². The first-order chi connectivity index (χ1) is 10.1. The van der Waals surface area contributed by atoms with Crippen LogP contribution in [0.15, 0.2) is 12.4 Å². The molecule has 0 N–H and O–H groups in total. The van der Waals surface area contributed by atoms with E-state index in [1.165, 1.54) is 11.5 Å². The molecule has 6 nitrogen and oxygen atoms in total. The Labute approximate surface area is 129 Å². The molecule has 0 bridgehead atoms. The van der Waals surface area contributed by atoms with Crippen molar-refractivity contribution < 1.29 is 0 Å². The smallest absolute Gasteiger partial charge is 0.225 e. The summed E-state index contributed by atoms with van der Waals surface area (Å²) in [6.07, 6.45) is 5.93. The van der Waals surface area contributed by atoms with E-state index in [4.69, 9.17) is 0 Å². The fraction of sp³-hybridized carbons (Fsp3) is 0.571. The second-order valence-corrected chi connectivity index (χ2v) is 6.24. The average molecular weight is 304 g/mol. The molecule has 1 saturated heterocycles. The normalized spacial score (nSPS) is 16.2. The monoisotopic (exact) mass is 304 g/mol. The van der Waals surface area contributed by atoms with Crippen molar-refractivity contribution in [3.05, 3.63) is 23.8 Å². The molecule has 0 spiro atoms. The predicted molar refractivity (Wildman–Crippen MR) is 85.1 cm³/mol. The lowest BCUT2D eigenvalue weighted by Gasteiger charge is -2.36. The molecule has 0 atom stereocenters. The summed E-state index contributed by atoms with van der Waals surface area (Å²) in [5, 5.41) is 1.04. The van der Waals surface area contributed by atoms with Crippen molar-refractivity contribution >= 4 is 22.6 Å². The van der Waals surface area contributed by atoms with Gasteiger partial charge in [0.25, 0.3) is 0 Å². The van der Waals surface area contributed by atoms with Crippen molar-refractivity contribution in [1.82, 2.24) is 19.3 Å². The fourth-order valence-electron chi connectivity index (χ4n) is 2.59. The number of anilines is 2. The van der Waals surface area contributed by atoms with Crippen LogP contribution in [-0.2, 0) is 0 Å². The van der Waals surface area contributed by atoms with Crippen molar-refractivity contribution in [2.45, 2.75) is 32.7 Å². The standard InChI is InChI=1S/C14H20N6S/c1-10-8-15-13(16-9-10)19(3)12-4-6-20(7-5-12)14-17-11(2)18-21-14/h8-9,12H,4-7H2,1-3H3. The van der Waals surface area contributed by atoms with Crippen LogP contribution >= 0.6 is 11.5 Å².